The first-order valence-corrected chi connectivity index (χ1v) is 8.12. The highest BCUT2D eigenvalue weighted by Gasteiger charge is 2.25. The molecule has 0 aliphatic heterocycles. The van der Waals surface area contributed by atoms with E-state index in [-0.39, 0.29) is 12.1 Å². The van der Waals surface area contributed by atoms with Crippen molar-refractivity contribution in [3.63, 3.8) is 0 Å². The van der Waals surface area contributed by atoms with Gasteiger partial charge in [0.15, 0.2) is 0 Å². The molecule has 1 aliphatic rings. The number of rotatable bonds is 5. The summed E-state index contributed by atoms with van der Waals surface area (Å²) in [6.07, 6.45) is 6.76. The number of ether oxygens (including phenoxy) is 1. The molecule has 0 heterocycles. The molecule has 1 saturated carbocycles. The van der Waals surface area contributed by atoms with Gasteiger partial charge in [-0.1, -0.05) is 38.3 Å². The smallest absolute Gasteiger partial charge is 0.120 e. The Hall–Kier alpha value is -1.02. The summed E-state index contributed by atoms with van der Waals surface area (Å²) in [4.78, 5) is 0. The highest BCUT2D eigenvalue weighted by Crippen LogP contribution is 2.37. The van der Waals surface area contributed by atoms with Gasteiger partial charge in [0.25, 0.3) is 0 Å². The van der Waals surface area contributed by atoms with Crippen molar-refractivity contribution < 1.29 is 4.74 Å². The summed E-state index contributed by atoms with van der Waals surface area (Å²) in [5, 5.41) is 0. The molecule has 1 atom stereocenters. The maximum atomic E-state index is 6.50. The summed E-state index contributed by atoms with van der Waals surface area (Å²) < 4.78 is 5.77. The molecule has 112 valence electrons. The van der Waals surface area contributed by atoms with Gasteiger partial charge in [0.05, 0.1) is 6.10 Å². The molecule has 2 rings (SSSR count). The van der Waals surface area contributed by atoms with Crippen molar-refractivity contribution in [2.75, 3.05) is 0 Å². The van der Waals surface area contributed by atoms with E-state index in [1.165, 1.54) is 37.7 Å². The van der Waals surface area contributed by atoms with Crippen molar-refractivity contribution in [2.45, 2.75) is 65.0 Å². The molecule has 1 fully saturated rings. The second kappa shape index (κ2) is 7.12. The van der Waals surface area contributed by atoms with Crippen LogP contribution in [0.1, 0.15) is 64.5 Å². The van der Waals surface area contributed by atoms with Crippen LogP contribution in [0.25, 0.3) is 0 Å². The highest BCUT2D eigenvalue weighted by atomic mass is 16.5. The lowest BCUT2D eigenvalue weighted by Gasteiger charge is -2.32. The zero-order valence-corrected chi connectivity index (χ0v) is 13.1. The van der Waals surface area contributed by atoms with Gasteiger partial charge >= 0.3 is 0 Å². The number of nitrogens with two attached hydrogens (primary N) is 1. The Morgan fingerprint density at radius 1 is 1.20 bits per heavy atom. The molecule has 0 bridgehead atoms. The van der Waals surface area contributed by atoms with Crippen molar-refractivity contribution in [2.24, 2.45) is 17.6 Å². The minimum absolute atomic E-state index is 0.156. The summed E-state index contributed by atoms with van der Waals surface area (Å²) in [6.45, 7) is 6.41. The lowest BCUT2D eigenvalue weighted by molar-refractivity contribution is 0.235. The van der Waals surface area contributed by atoms with Crippen LogP contribution >= 0.6 is 0 Å². The summed E-state index contributed by atoms with van der Waals surface area (Å²) in [7, 11) is 0. The number of hydrogen-bond donors (Lipinski definition) is 1. The third kappa shape index (κ3) is 3.99. The SMILES string of the molecule is CCC1CCC(C(N)c2cccc(OC(C)C)c2)CC1. The van der Waals surface area contributed by atoms with Gasteiger partial charge in [0.1, 0.15) is 5.75 Å². The lowest BCUT2D eigenvalue weighted by Crippen LogP contribution is -2.26. The van der Waals surface area contributed by atoms with E-state index in [9.17, 15) is 0 Å². The molecule has 1 aromatic carbocycles. The van der Waals surface area contributed by atoms with Crippen LogP contribution < -0.4 is 10.5 Å². The Labute approximate surface area is 123 Å². The molecule has 2 nitrogen and oxygen atoms in total. The van der Waals surface area contributed by atoms with E-state index in [0.29, 0.717) is 5.92 Å². The fourth-order valence-corrected chi connectivity index (χ4v) is 3.30. The molecule has 1 unspecified atom stereocenters. The van der Waals surface area contributed by atoms with Crippen LogP contribution in [0.5, 0.6) is 5.75 Å². The van der Waals surface area contributed by atoms with Crippen LogP contribution in [0, 0.1) is 11.8 Å². The summed E-state index contributed by atoms with van der Waals surface area (Å²) >= 11 is 0. The molecule has 20 heavy (non-hydrogen) atoms. The Bertz CT molecular complexity index is 408. The molecule has 0 saturated heterocycles. The van der Waals surface area contributed by atoms with Gasteiger partial charge in [-0.3, -0.25) is 0 Å². The molecule has 1 aliphatic carbocycles. The molecule has 0 spiro atoms. The largest absolute Gasteiger partial charge is 0.491 e. The van der Waals surface area contributed by atoms with Crippen LogP contribution in [0.15, 0.2) is 24.3 Å². The minimum Gasteiger partial charge on any atom is -0.491 e. The first-order valence-electron chi connectivity index (χ1n) is 8.12. The van der Waals surface area contributed by atoms with Crippen molar-refractivity contribution in [1.29, 1.82) is 0 Å². The summed E-state index contributed by atoms with van der Waals surface area (Å²) in [5.41, 5.74) is 7.73. The summed E-state index contributed by atoms with van der Waals surface area (Å²) in [6, 6.07) is 8.50. The first kappa shape index (κ1) is 15.4. The van der Waals surface area contributed by atoms with Gasteiger partial charge in [0, 0.05) is 6.04 Å². The molecule has 0 radical (unpaired) electrons. The second-order valence-corrected chi connectivity index (χ2v) is 6.45. The highest BCUT2D eigenvalue weighted by molar-refractivity contribution is 5.31. The van der Waals surface area contributed by atoms with Crippen LogP contribution in [-0.2, 0) is 0 Å². The quantitative estimate of drug-likeness (QED) is 0.846. The van der Waals surface area contributed by atoms with Crippen molar-refractivity contribution in [1.82, 2.24) is 0 Å². The Morgan fingerprint density at radius 3 is 2.50 bits per heavy atom. The van der Waals surface area contributed by atoms with Crippen LogP contribution in [0.3, 0.4) is 0 Å². The fraction of sp³-hybridized carbons (Fsp3) is 0.667. The van der Waals surface area contributed by atoms with Gasteiger partial charge in [-0.05, 0) is 56.2 Å². The second-order valence-electron chi connectivity index (χ2n) is 6.45. The lowest BCUT2D eigenvalue weighted by atomic mass is 9.76. The van der Waals surface area contributed by atoms with Crippen LogP contribution in [-0.4, -0.2) is 6.10 Å². The van der Waals surface area contributed by atoms with Gasteiger partial charge in [-0.2, -0.15) is 0 Å². The predicted octanol–water partition coefficient (Wildman–Crippen LogP) is 4.69. The standard InChI is InChI=1S/C18H29NO/c1-4-14-8-10-15(11-9-14)18(19)16-6-5-7-17(12-16)20-13(2)3/h5-7,12-15,18H,4,8-11,19H2,1-3H3. The number of hydrogen-bond acceptors (Lipinski definition) is 2. The molecule has 2 N–H and O–H groups in total. The molecule has 0 aromatic heterocycles. The normalized spacial score (nSPS) is 24.6. The first-order chi connectivity index (χ1) is 9.60. The third-order valence-electron chi connectivity index (χ3n) is 4.59. The zero-order valence-electron chi connectivity index (χ0n) is 13.1. The van der Waals surface area contributed by atoms with Crippen LogP contribution in [0.4, 0.5) is 0 Å². The average Bonchev–Trinajstić information content (AvgIpc) is 2.46. The Morgan fingerprint density at radius 2 is 1.90 bits per heavy atom. The zero-order chi connectivity index (χ0) is 14.5. The van der Waals surface area contributed by atoms with E-state index in [1.807, 2.05) is 6.07 Å². The van der Waals surface area contributed by atoms with Crippen molar-refractivity contribution >= 4 is 0 Å². The molecular formula is C18H29NO. The van der Waals surface area contributed by atoms with Crippen molar-refractivity contribution in [3.8, 4) is 5.75 Å². The molecule has 2 heteroatoms. The molecule has 0 amide bonds. The maximum Gasteiger partial charge on any atom is 0.120 e. The van der Waals surface area contributed by atoms with E-state index in [0.717, 1.165) is 11.7 Å². The number of benzene rings is 1. The third-order valence-corrected chi connectivity index (χ3v) is 4.59. The molecular weight excluding hydrogens is 246 g/mol. The van der Waals surface area contributed by atoms with E-state index in [2.05, 4.69) is 39.0 Å². The van der Waals surface area contributed by atoms with E-state index < -0.39 is 0 Å². The summed E-state index contributed by atoms with van der Waals surface area (Å²) in [5.74, 6) is 2.50. The predicted molar refractivity (Wildman–Crippen MR) is 84.9 cm³/mol. The molecule has 1 aromatic rings. The topological polar surface area (TPSA) is 35.2 Å². The van der Waals surface area contributed by atoms with Crippen LogP contribution in [0.2, 0.25) is 0 Å². The monoisotopic (exact) mass is 275 g/mol. The average molecular weight is 275 g/mol. The maximum absolute atomic E-state index is 6.50. The Kier molecular flexibility index (Phi) is 5.47. The Balaban J connectivity index is 2.00. The van der Waals surface area contributed by atoms with Gasteiger partial charge in [-0.25, -0.2) is 0 Å². The fourth-order valence-electron chi connectivity index (χ4n) is 3.30. The van der Waals surface area contributed by atoms with E-state index in [1.54, 1.807) is 0 Å². The van der Waals surface area contributed by atoms with Gasteiger partial charge in [0.2, 0.25) is 0 Å². The minimum atomic E-state index is 0.156. The van der Waals surface area contributed by atoms with Crippen molar-refractivity contribution in [3.05, 3.63) is 29.8 Å². The van der Waals surface area contributed by atoms with E-state index >= 15 is 0 Å². The van der Waals surface area contributed by atoms with Gasteiger partial charge < -0.3 is 10.5 Å². The van der Waals surface area contributed by atoms with E-state index in [4.69, 9.17) is 10.5 Å². The van der Waals surface area contributed by atoms with Gasteiger partial charge in [-0.15, -0.1) is 0 Å².